The maximum atomic E-state index is 7.76. The van der Waals surface area contributed by atoms with Crippen LogP contribution in [0.15, 0.2) is 4.42 Å². The van der Waals surface area contributed by atoms with E-state index >= 15 is 0 Å². The highest BCUT2D eigenvalue weighted by Gasteiger charge is 2.37. The molecule has 0 fully saturated rings. The molecule has 0 spiro atoms. The monoisotopic (exact) mass is 1330 g/mol. The highest BCUT2D eigenvalue weighted by Crippen LogP contribution is 2.57. The van der Waals surface area contributed by atoms with Gasteiger partial charge in [-0.3, -0.25) is 0 Å². The van der Waals surface area contributed by atoms with Crippen molar-refractivity contribution < 1.29 is 4.42 Å². The molecule has 1 heterocycles. The third-order valence-electron chi connectivity index (χ3n) is 29.4. The first kappa shape index (κ1) is 72.8. The van der Waals surface area contributed by atoms with Crippen LogP contribution in [0.25, 0.3) is 98.8 Å². The highest BCUT2D eigenvalue weighted by molar-refractivity contribution is 6.25. The van der Waals surface area contributed by atoms with Gasteiger partial charge in [-0.1, -0.05) is 0 Å². The molecule has 0 N–H and O–H groups in total. The predicted octanol–water partition coefficient (Wildman–Crippen LogP) is 28.9. The zero-order chi connectivity index (χ0) is 74.9. The number of hydrogen-bond acceptors (Lipinski definition) is 1. The Kier molecular flexibility index (Phi) is 17.7. The topological polar surface area (TPSA) is 13.1 Å². The Morgan fingerprint density at radius 3 is 0.663 bits per heavy atom. The van der Waals surface area contributed by atoms with Gasteiger partial charge in [0.05, 0.1) is 0 Å². The van der Waals surface area contributed by atoms with E-state index in [4.69, 9.17) is 4.42 Å². The number of aryl methyl sites for hydroxylation is 10. The summed E-state index contributed by atoms with van der Waals surface area (Å²) >= 11 is 0. The van der Waals surface area contributed by atoms with E-state index < -0.39 is 0 Å². The summed E-state index contributed by atoms with van der Waals surface area (Å²) in [6.07, 6.45) is 0. The van der Waals surface area contributed by atoms with E-state index in [1.165, 1.54) is 321 Å². The molecule has 0 amide bonds. The van der Waals surface area contributed by atoms with Gasteiger partial charge in [0, 0.05) is 27.6 Å². The minimum atomic E-state index is -0.0996. The summed E-state index contributed by atoms with van der Waals surface area (Å²) in [4.78, 5) is 0. The summed E-state index contributed by atoms with van der Waals surface area (Å²) in [7, 11) is 0. The summed E-state index contributed by atoms with van der Waals surface area (Å²) < 4.78 is 7.76. The number of benzene rings is 11. The first-order valence-corrected chi connectivity index (χ1v) is 37.8. The summed E-state index contributed by atoms with van der Waals surface area (Å²) in [6.45, 7) is 93.5. The second-order valence-corrected chi connectivity index (χ2v) is 32.8. The van der Waals surface area contributed by atoms with E-state index in [1.54, 1.807) is 0 Å². The van der Waals surface area contributed by atoms with E-state index in [0.717, 1.165) is 11.2 Å². The number of furan rings is 1. The molecule has 0 saturated heterocycles. The minimum absolute atomic E-state index is 0.0996. The molecule has 1 nitrogen and oxygen atoms in total. The van der Waals surface area contributed by atoms with E-state index in [9.17, 15) is 0 Å². The first-order valence-electron chi connectivity index (χ1n) is 37.8. The lowest BCUT2D eigenvalue weighted by Gasteiger charge is -2.36. The van der Waals surface area contributed by atoms with Crippen LogP contribution in [-0.4, -0.2) is 0 Å². The molecule has 0 aliphatic heterocycles. The van der Waals surface area contributed by atoms with Crippen LogP contribution in [0, 0.1) is 270 Å². The Bertz CT molecular complexity index is 5740. The van der Waals surface area contributed by atoms with Crippen LogP contribution >= 0.6 is 0 Å². The SMILES string of the molecule is Cc1c(C)c(C)c(-c2c(C)c(C)c(C)c(C(c3c(C)c(C)c(-c4c(C)c(C)c5c(oc6c7c(C)c(C)c(C)c(C)c7c(-c7c(C)c(C)c(C)c(C)c7C)c(C)c65)c4C)c(C)c3C)c3c(C)c(C)c(-c4c(C)c5c(C)c(C)c(C)c(C)c5c5c(C)c(C)c(C)c(C)c45)c(C)c3C)c2C)c(C)c1C. The van der Waals surface area contributed by atoms with Gasteiger partial charge in [-0.25, -0.2) is 0 Å². The first-order chi connectivity index (χ1) is 47.0. The quantitative estimate of drug-likeness (QED) is 0.114. The van der Waals surface area contributed by atoms with Crippen LogP contribution in [-0.2, 0) is 0 Å². The summed E-state index contributed by atoms with van der Waals surface area (Å²) in [5.41, 5.74) is 70.9. The van der Waals surface area contributed by atoms with Crippen LogP contribution in [0.4, 0.5) is 0 Å². The maximum absolute atomic E-state index is 7.76. The average Bonchev–Trinajstić information content (AvgIpc) is 1.68. The fourth-order valence-electron chi connectivity index (χ4n) is 20.6. The average molecular weight is 1340 g/mol. The maximum Gasteiger partial charge on any atom is 0.143 e. The van der Waals surface area contributed by atoms with Crippen molar-refractivity contribution in [1.29, 1.82) is 0 Å². The van der Waals surface area contributed by atoms with Crippen molar-refractivity contribution in [3.63, 3.8) is 0 Å². The molecule has 1 atom stereocenters. The lowest BCUT2D eigenvalue weighted by atomic mass is 9.68. The van der Waals surface area contributed by atoms with Crippen LogP contribution in [0.2, 0.25) is 0 Å². The van der Waals surface area contributed by atoms with Crippen molar-refractivity contribution in [2.75, 3.05) is 0 Å². The van der Waals surface area contributed by atoms with Crippen molar-refractivity contribution in [3.8, 4) is 44.5 Å². The fraction of sp³-hybridized carbons (Fsp3) is 0.400. The van der Waals surface area contributed by atoms with Gasteiger partial charge in [0.2, 0.25) is 0 Å². The van der Waals surface area contributed by atoms with Crippen molar-refractivity contribution in [2.24, 2.45) is 0 Å². The van der Waals surface area contributed by atoms with Crippen LogP contribution in [0.1, 0.15) is 240 Å². The largest absolute Gasteiger partial charge is 0.455 e. The molecule has 0 radical (unpaired) electrons. The molecule has 524 valence electrons. The Balaban J connectivity index is 1.22. The van der Waals surface area contributed by atoms with E-state index in [1.807, 2.05) is 0 Å². The van der Waals surface area contributed by atoms with E-state index in [-0.39, 0.29) is 5.92 Å². The van der Waals surface area contributed by atoms with Gasteiger partial charge >= 0.3 is 0 Å². The summed E-state index contributed by atoms with van der Waals surface area (Å²) in [6, 6.07) is 0. The lowest BCUT2D eigenvalue weighted by molar-refractivity contribution is 0.669. The molecule has 1 aromatic heterocycles. The van der Waals surface area contributed by atoms with Gasteiger partial charge in [-0.15, -0.1) is 0 Å². The third kappa shape index (κ3) is 9.51. The number of hydrogen-bond donors (Lipinski definition) is 0. The molecule has 12 rings (SSSR count). The zero-order valence-corrected chi connectivity index (χ0v) is 70.0. The van der Waals surface area contributed by atoms with Gasteiger partial charge < -0.3 is 4.42 Å². The van der Waals surface area contributed by atoms with Crippen LogP contribution < -0.4 is 0 Å². The van der Waals surface area contributed by atoms with E-state index in [0.29, 0.717) is 0 Å². The van der Waals surface area contributed by atoms with Gasteiger partial charge in [0.1, 0.15) is 11.2 Å². The molecule has 0 bridgehead atoms. The zero-order valence-electron chi connectivity index (χ0n) is 70.0. The molecule has 0 aliphatic rings. The third-order valence-corrected chi connectivity index (χ3v) is 29.4. The van der Waals surface area contributed by atoms with Crippen molar-refractivity contribution in [1.82, 2.24) is 0 Å². The summed E-state index contributed by atoms with van der Waals surface area (Å²) in [5, 5.41) is 10.8. The number of fused-ring (bicyclic) bond motifs is 8. The van der Waals surface area contributed by atoms with Gasteiger partial charge in [-0.05, 0) is 570 Å². The normalized spacial score (nSPS) is 12.5. The Morgan fingerprint density at radius 2 is 0.297 bits per heavy atom. The molecular formula is C100H118O. The van der Waals surface area contributed by atoms with Gasteiger partial charge in [0.15, 0.2) is 0 Å². The molecule has 0 saturated carbocycles. The second kappa shape index (κ2) is 24.6. The van der Waals surface area contributed by atoms with Crippen LogP contribution in [0.5, 0.6) is 0 Å². The molecule has 12 aromatic rings. The smallest absolute Gasteiger partial charge is 0.143 e. The molecule has 101 heavy (non-hydrogen) atoms. The molecule has 0 aliphatic carbocycles. The minimum Gasteiger partial charge on any atom is -0.455 e. The van der Waals surface area contributed by atoms with E-state index in [2.05, 4.69) is 270 Å². The Hall–Kier alpha value is -8.00. The molecule has 11 aromatic carbocycles. The second-order valence-electron chi connectivity index (χ2n) is 32.8. The Morgan fingerprint density at radius 1 is 0.119 bits per heavy atom. The predicted molar refractivity (Wildman–Crippen MR) is 447 cm³/mol. The Labute approximate surface area is 609 Å². The van der Waals surface area contributed by atoms with Gasteiger partial charge in [-0.2, -0.15) is 0 Å². The number of rotatable bonds is 7. The van der Waals surface area contributed by atoms with Crippen molar-refractivity contribution in [3.05, 3.63) is 234 Å². The molecular weight excluding hydrogens is 1220 g/mol. The lowest BCUT2D eigenvalue weighted by Crippen LogP contribution is -2.19. The van der Waals surface area contributed by atoms with Crippen LogP contribution in [0.3, 0.4) is 0 Å². The fourth-order valence-corrected chi connectivity index (χ4v) is 20.6. The highest BCUT2D eigenvalue weighted by atomic mass is 16.3. The molecule has 1 unspecified atom stereocenters. The van der Waals surface area contributed by atoms with Gasteiger partial charge in [0.25, 0.3) is 0 Å². The summed E-state index contributed by atoms with van der Waals surface area (Å²) in [5.74, 6) is -0.0996. The molecule has 1 heteroatoms. The standard InChI is InChI=1S/C100H118O/c1-40-42(3)53(14)79(54(15)43(40)4)85-58(19)52(13)59(20)87(75(85)36)98(84-71(32)67(28)82(68(29)72(84)33)93-76(37)86-57(18)46(7)47(8)60(21)89(86)90-61(22)48(9)49(10)62(23)91(90)93)83-69(30)65(26)80(66(27)70(83)31)88-73(34)74(35)96-97-77(38)94(81-55(16)44(5)41(2)45(6)56(81)17)92-63(24)50(11)51(12)64(25)95(92)100(97)101-99(96)78(88)39/h98H,1-39H3. The van der Waals surface area contributed by atoms with Crippen molar-refractivity contribution >= 4 is 54.3 Å². The van der Waals surface area contributed by atoms with Crippen molar-refractivity contribution in [2.45, 2.75) is 276 Å².